The van der Waals surface area contributed by atoms with Gasteiger partial charge in [0.25, 0.3) is 0 Å². The third kappa shape index (κ3) is 3.56. The summed E-state index contributed by atoms with van der Waals surface area (Å²) in [6, 6.07) is 13.7. The van der Waals surface area contributed by atoms with Crippen LogP contribution in [-0.4, -0.2) is 6.04 Å². The van der Waals surface area contributed by atoms with Gasteiger partial charge in [0.1, 0.15) is 0 Å². The predicted molar refractivity (Wildman–Crippen MR) is 92.6 cm³/mol. The Hall–Kier alpha value is -1.12. The van der Waals surface area contributed by atoms with Crippen LogP contribution >= 0.6 is 11.3 Å². The lowest BCUT2D eigenvalue weighted by Crippen LogP contribution is -2.40. The fourth-order valence-corrected chi connectivity index (χ4v) is 4.20. The Morgan fingerprint density at radius 2 is 1.90 bits per heavy atom. The number of benzene rings is 1. The van der Waals surface area contributed by atoms with E-state index in [-0.39, 0.29) is 0 Å². The van der Waals surface area contributed by atoms with E-state index in [1.54, 1.807) is 0 Å². The molecule has 3 rings (SSSR count). The first kappa shape index (κ1) is 14.8. The minimum Gasteiger partial charge on any atom is -0.309 e. The smallest absolute Gasteiger partial charge is 0.0302 e. The second-order valence-corrected chi connectivity index (χ2v) is 7.42. The van der Waals surface area contributed by atoms with Gasteiger partial charge in [0, 0.05) is 17.5 Å². The Labute approximate surface area is 132 Å². The van der Waals surface area contributed by atoms with E-state index in [2.05, 4.69) is 60.9 Å². The largest absolute Gasteiger partial charge is 0.309 e. The Morgan fingerprint density at radius 3 is 2.71 bits per heavy atom. The van der Waals surface area contributed by atoms with Gasteiger partial charge in [0.2, 0.25) is 0 Å². The van der Waals surface area contributed by atoms with E-state index in [1.165, 1.54) is 35.3 Å². The lowest BCUT2D eigenvalue weighted by atomic mass is 9.78. The Balaban J connectivity index is 1.60. The van der Waals surface area contributed by atoms with Crippen molar-refractivity contribution in [1.82, 2.24) is 5.32 Å². The maximum Gasteiger partial charge on any atom is 0.0302 e. The molecule has 0 saturated heterocycles. The SMILES string of the molecule is CC1CCCC(NCc2cc(-c3ccccc3)cs2)C1C. The standard InChI is InChI=1S/C19H25NS/c1-14-7-6-10-19(15(14)2)20-12-18-11-17(13-21-18)16-8-4-3-5-9-16/h3-5,8-9,11,13-15,19-20H,6-7,10,12H2,1-2H3. The van der Waals surface area contributed by atoms with E-state index in [0.29, 0.717) is 6.04 Å². The quantitative estimate of drug-likeness (QED) is 0.804. The molecule has 21 heavy (non-hydrogen) atoms. The van der Waals surface area contributed by atoms with Gasteiger partial charge in [-0.1, -0.05) is 57.0 Å². The summed E-state index contributed by atoms with van der Waals surface area (Å²) in [5, 5.41) is 6.07. The summed E-state index contributed by atoms with van der Waals surface area (Å²) in [7, 11) is 0. The first-order valence-corrected chi connectivity index (χ1v) is 8.98. The number of hydrogen-bond acceptors (Lipinski definition) is 2. The van der Waals surface area contributed by atoms with E-state index in [1.807, 2.05) is 11.3 Å². The molecular weight excluding hydrogens is 274 g/mol. The highest BCUT2D eigenvalue weighted by Gasteiger charge is 2.26. The molecule has 1 nitrogen and oxygen atoms in total. The number of hydrogen-bond donors (Lipinski definition) is 1. The van der Waals surface area contributed by atoms with Crippen LogP contribution in [0.4, 0.5) is 0 Å². The average Bonchev–Trinajstić information content (AvgIpc) is 2.99. The third-order valence-electron chi connectivity index (χ3n) is 5.01. The second-order valence-electron chi connectivity index (χ2n) is 6.42. The van der Waals surface area contributed by atoms with Crippen molar-refractivity contribution in [2.45, 2.75) is 45.7 Å². The predicted octanol–water partition coefficient (Wildman–Crippen LogP) is 5.33. The second kappa shape index (κ2) is 6.76. The fourth-order valence-electron chi connectivity index (χ4n) is 3.36. The zero-order valence-electron chi connectivity index (χ0n) is 13.0. The Bertz CT molecular complexity index is 560. The third-order valence-corrected chi connectivity index (χ3v) is 5.94. The van der Waals surface area contributed by atoms with Crippen LogP contribution in [0.5, 0.6) is 0 Å². The fraction of sp³-hybridized carbons (Fsp3) is 0.474. The molecular formula is C19H25NS. The van der Waals surface area contributed by atoms with Crippen LogP contribution < -0.4 is 5.32 Å². The molecule has 0 radical (unpaired) electrons. The van der Waals surface area contributed by atoms with Gasteiger partial charge >= 0.3 is 0 Å². The van der Waals surface area contributed by atoms with Crippen molar-refractivity contribution in [2.24, 2.45) is 11.8 Å². The van der Waals surface area contributed by atoms with E-state index in [4.69, 9.17) is 0 Å². The van der Waals surface area contributed by atoms with Gasteiger partial charge in [0.15, 0.2) is 0 Å². The van der Waals surface area contributed by atoms with Crippen molar-refractivity contribution in [3.8, 4) is 11.1 Å². The summed E-state index contributed by atoms with van der Waals surface area (Å²) in [4.78, 5) is 1.44. The summed E-state index contributed by atoms with van der Waals surface area (Å²) in [6.07, 6.45) is 4.11. The van der Waals surface area contributed by atoms with Crippen LogP contribution in [0.15, 0.2) is 41.8 Å². The topological polar surface area (TPSA) is 12.0 Å². The van der Waals surface area contributed by atoms with Gasteiger partial charge < -0.3 is 5.32 Å². The minimum atomic E-state index is 0.691. The summed E-state index contributed by atoms with van der Waals surface area (Å²) >= 11 is 1.87. The summed E-state index contributed by atoms with van der Waals surface area (Å²) < 4.78 is 0. The highest BCUT2D eigenvalue weighted by Crippen LogP contribution is 2.30. The molecule has 1 heterocycles. The van der Waals surface area contributed by atoms with Crippen LogP contribution in [0, 0.1) is 11.8 Å². The molecule has 1 aliphatic carbocycles. The van der Waals surface area contributed by atoms with E-state index in [9.17, 15) is 0 Å². The maximum absolute atomic E-state index is 3.79. The lowest BCUT2D eigenvalue weighted by Gasteiger charge is -2.34. The summed E-state index contributed by atoms with van der Waals surface area (Å²) in [6.45, 7) is 5.82. The van der Waals surface area contributed by atoms with E-state index >= 15 is 0 Å². The Kier molecular flexibility index (Phi) is 4.77. The Morgan fingerprint density at radius 1 is 1.10 bits per heavy atom. The molecule has 2 aromatic rings. The molecule has 1 aromatic heterocycles. The van der Waals surface area contributed by atoms with Gasteiger partial charge in [-0.25, -0.2) is 0 Å². The molecule has 1 aromatic carbocycles. The van der Waals surface area contributed by atoms with E-state index < -0.39 is 0 Å². The number of rotatable bonds is 4. The van der Waals surface area contributed by atoms with Gasteiger partial charge in [-0.15, -0.1) is 11.3 Å². The van der Waals surface area contributed by atoms with Gasteiger partial charge in [0.05, 0.1) is 0 Å². The molecule has 3 unspecified atom stereocenters. The first-order chi connectivity index (χ1) is 10.2. The van der Waals surface area contributed by atoms with Crippen LogP contribution in [0.1, 0.15) is 38.0 Å². The van der Waals surface area contributed by atoms with Gasteiger partial charge in [-0.2, -0.15) is 0 Å². The van der Waals surface area contributed by atoms with Crippen molar-refractivity contribution < 1.29 is 0 Å². The summed E-state index contributed by atoms with van der Waals surface area (Å²) in [5.41, 5.74) is 2.67. The summed E-state index contributed by atoms with van der Waals surface area (Å²) in [5.74, 6) is 1.66. The normalized spacial score (nSPS) is 25.9. The van der Waals surface area contributed by atoms with Crippen LogP contribution in [0.25, 0.3) is 11.1 Å². The molecule has 0 bridgehead atoms. The molecule has 3 atom stereocenters. The van der Waals surface area contributed by atoms with Crippen molar-refractivity contribution >= 4 is 11.3 Å². The number of nitrogens with one attached hydrogen (secondary N) is 1. The van der Waals surface area contributed by atoms with Crippen molar-refractivity contribution in [3.63, 3.8) is 0 Å². The zero-order chi connectivity index (χ0) is 14.7. The molecule has 1 N–H and O–H groups in total. The van der Waals surface area contributed by atoms with Crippen LogP contribution in [0.3, 0.4) is 0 Å². The highest BCUT2D eigenvalue weighted by molar-refractivity contribution is 7.10. The lowest BCUT2D eigenvalue weighted by molar-refractivity contribution is 0.206. The monoisotopic (exact) mass is 299 g/mol. The van der Waals surface area contributed by atoms with E-state index in [0.717, 1.165) is 18.4 Å². The number of thiophene rings is 1. The molecule has 0 aliphatic heterocycles. The molecule has 2 heteroatoms. The molecule has 112 valence electrons. The van der Waals surface area contributed by atoms with Crippen LogP contribution in [0.2, 0.25) is 0 Å². The van der Waals surface area contributed by atoms with Crippen molar-refractivity contribution in [3.05, 3.63) is 46.7 Å². The molecule has 1 aliphatic rings. The molecule has 0 spiro atoms. The average molecular weight is 299 g/mol. The molecule has 1 saturated carbocycles. The molecule has 1 fully saturated rings. The van der Waals surface area contributed by atoms with Crippen molar-refractivity contribution in [1.29, 1.82) is 0 Å². The maximum atomic E-state index is 3.79. The van der Waals surface area contributed by atoms with Gasteiger partial charge in [-0.05, 0) is 40.8 Å². The first-order valence-electron chi connectivity index (χ1n) is 8.10. The highest BCUT2D eigenvalue weighted by atomic mass is 32.1. The molecule has 0 amide bonds. The zero-order valence-corrected chi connectivity index (χ0v) is 13.8. The van der Waals surface area contributed by atoms with Gasteiger partial charge in [-0.3, -0.25) is 0 Å². The van der Waals surface area contributed by atoms with Crippen LogP contribution in [-0.2, 0) is 6.54 Å². The van der Waals surface area contributed by atoms with Crippen molar-refractivity contribution in [2.75, 3.05) is 0 Å². The minimum absolute atomic E-state index is 0.691.